The number of benzene rings is 1. The molecule has 2 aromatic rings. The van der Waals surface area contributed by atoms with Crippen LogP contribution in [0.2, 0.25) is 0 Å². The number of hydrogen-bond donors (Lipinski definition) is 2. The zero-order valence-electron chi connectivity index (χ0n) is 16.6. The minimum atomic E-state index is 0.199. The van der Waals surface area contributed by atoms with Crippen molar-refractivity contribution in [3.05, 3.63) is 42.2 Å². The average Bonchev–Trinajstić information content (AvgIpc) is 3.08. The molecule has 0 bridgehead atoms. The van der Waals surface area contributed by atoms with Crippen LogP contribution in [0.3, 0.4) is 0 Å². The average molecular weight is 356 g/mol. The molecule has 2 N–H and O–H groups in total. The van der Waals surface area contributed by atoms with E-state index in [1.54, 1.807) is 6.34 Å². The van der Waals surface area contributed by atoms with E-state index in [0.717, 1.165) is 24.3 Å². The molecule has 26 heavy (non-hydrogen) atoms. The van der Waals surface area contributed by atoms with Gasteiger partial charge in [0.15, 0.2) is 0 Å². The van der Waals surface area contributed by atoms with Gasteiger partial charge in [-0.1, -0.05) is 52.7 Å². The number of hydrogen-bond acceptors (Lipinski definition) is 3. The predicted octanol–water partition coefficient (Wildman–Crippen LogP) is 5.27. The van der Waals surface area contributed by atoms with Crippen molar-refractivity contribution in [2.45, 2.75) is 65.3 Å². The molecule has 142 valence electrons. The minimum absolute atomic E-state index is 0.199. The van der Waals surface area contributed by atoms with E-state index in [0.29, 0.717) is 6.67 Å². The molecule has 0 aliphatic heterocycles. The van der Waals surface area contributed by atoms with Crippen LogP contribution < -0.4 is 10.6 Å². The van der Waals surface area contributed by atoms with E-state index in [4.69, 9.17) is 0 Å². The van der Waals surface area contributed by atoms with Crippen LogP contribution in [-0.2, 0) is 12.0 Å². The summed E-state index contributed by atoms with van der Waals surface area (Å²) in [4.78, 5) is 4.37. The SMILES string of the molecule is CCCCC(C)(C)c1cccc(N/C=N/CNc2cnn(CCC)c2)c1. The van der Waals surface area contributed by atoms with Gasteiger partial charge in [0.2, 0.25) is 0 Å². The number of aliphatic imine (C=N–C) groups is 1. The molecule has 0 aliphatic carbocycles. The Morgan fingerprint density at radius 3 is 2.81 bits per heavy atom. The first kappa shape index (κ1) is 20.0. The molecule has 1 aromatic heterocycles. The number of anilines is 2. The molecule has 0 aliphatic rings. The number of nitrogens with zero attached hydrogens (tertiary/aromatic N) is 3. The molecule has 0 unspecified atom stereocenters. The van der Waals surface area contributed by atoms with Crippen LogP contribution in [-0.4, -0.2) is 22.8 Å². The zero-order chi connectivity index (χ0) is 18.8. The smallest absolute Gasteiger partial charge is 0.109 e. The fourth-order valence-electron chi connectivity index (χ4n) is 2.90. The maximum atomic E-state index is 4.37. The Kier molecular flexibility index (Phi) is 7.70. The van der Waals surface area contributed by atoms with Gasteiger partial charge >= 0.3 is 0 Å². The lowest BCUT2D eigenvalue weighted by atomic mass is 9.80. The molecule has 2 rings (SSSR count). The Hall–Kier alpha value is -2.30. The number of aromatic nitrogens is 2. The lowest BCUT2D eigenvalue weighted by Gasteiger charge is -2.25. The number of unbranched alkanes of at least 4 members (excludes halogenated alkanes) is 1. The summed E-state index contributed by atoms with van der Waals surface area (Å²) in [7, 11) is 0. The van der Waals surface area contributed by atoms with Crippen LogP contribution in [0.1, 0.15) is 58.9 Å². The number of aryl methyl sites for hydroxylation is 1. The van der Waals surface area contributed by atoms with Crippen molar-refractivity contribution in [2.24, 2.45) is 4.99 Å². The third-order valence-corrected chi connectivity index (χ3v) is 4.58. The predicted molar refractivity (Wildman–Crippen MR) is 112 cm³/mol. The van der Waals surface area contributed by atoms with Gasteiger partial charge in [-0.2, -0.15) is 5.10 Å². The van der Waals surface area contributed by atoms with E-state index in [1.807, 2.05) is 17.1 Å². The largest absolute Gasteiger partial charge is 0.364 e. The summed E-state index contributed by atoms with van der Waals surface area (Å²) in [5.74, 6) is 0. The van der Waals surface area contributed by atoms with Crippen molar-refractivity contribution in [3.63, 3.8) is 0 Å². The highest BCUT2D eigenvalue weighted by molar-refractivity contribution is 5.75. The second-order valence-corrected chi connectivity index (χ2v) is 7.35. The molecule has 0 amide bonds. The first-order valence-corrected chi connectivity index (χ1v) is 9.67. The van der Waals surface area contributed by atoms with E-state index in [1.165, 1.54) is 24.8 Å². The van der Waals surface area contributed by atoms with E-state index < -0.39 is 0 Å². The van der Waals surface area contributed by atoms with Gasteiger partial charge in [-0.05, 0) is 36.0 Å². The molecule has 5 nitrogen and oxygen atoms in total. The van der Waals surface area contributed by atoms with Crippen molar-refractivity contribution in [1.82, 2.24) is 9.78 Å². The molecular weight excluding hydrogens is 322 g/mol. The summed E-state index contributed by atoms with van der Waals surface area (Å²) < 4.78 is 1.94. The Balaban J connectivity index is 1.83. The number of nitrogens with one attached hydrogen (secondary N) is 2. The van der Waals surface area contributed by atoms with E-state index in [9.17, 15) is 0 Å². The molecule has 1 heterocycles. The molecule has 5 heteroatoms. The molecule has 0 saturated heterocycles. The molecule has 0 saturated carbocycles. The first-order chi connectivity index (χ1) is 12.5. The summed E-state index contributed by atoms with van der Waals surface area (Å²) >= 11 is 0. The minimum Gasteiger partial charge on any atom is -0.364 e. The summed E-state index contributed by atoms with van der Waals surface area (Å²) in [6, 6.07) is 8.63. The summed E-state index contributed by atoms with van der Waals surface area (Å²) in [6.07, 6.45) is 10.4. The van der Waals surface area contributed by atoms with Crippen LogP contribution in [0.25, 0.3) is 0 Å². The second-order valence-electron chi connectivity index (χ2n) is 7.35. The van der Waals surface area contributed by atoms with Gasteiger partial charge in [0.1, 0.15) is 6.67 Å². The lowest BCUT2D eigenvalue weighted by Crippen LogP contribution is -2.17. The summed E-state index contributed by atoms with van der Waals surface area (Å²) in [5, 5.41) is 10.8. The summed E-state index contributed by atoms with van der Waals surface area (Å²) in [5.41, 5.74) is 3.64. The highest BCUT2D eigenvalue weighted by Crippen LogP contribution is 2.30. The monoisotopic (exact) mass is 355 g/mol. The lowest BCUT2D eigenvalue weighted by molar-refractivity contribution is 0.458. The molecule has 1 aromatic carbocycles. The molecule has 0 spiro atoms. The highest BCUT2D eigenvalue weighted by atomic mass is 15.3. The van der Waals surface area contributed by atoms with Crippen molar-refractivity contribution in [1.29, 1.82) is 0 Å². The van der Waals surface area contributed by atoms with Crippen LogP contribution >= 0.6 is 0 Å². The topological polar surface area (TPSA) is 54.2 Å². The van der Waals surface area contributed by atoms with Crippen molar-refractivity contribution < 1.29 is 0 Å². The maximum Gasteiger partial charge on any atom is 0.109 e. The molecule has 0 atom stereocenters. The highest BCUT2D eigenvalue weighted by Gasteiger charge is 2.19. The van der Waals surface area contributed by atoms with Crippen LogP contribution in [0.5, 0.6) is 0 Å². The molecule has 0 fully saturated rings. The number of rotatable bonds is 11. The fraction of sp³-hybridized carbons (Fsp3) is 0.524. The zero-order valence-corrected chi connectivity index (χ0v) is 16.6. The van der Waals surface area contributed by atoms with Gasteiger partial charge < -0.3 is 10.6 Å². The van der Waals surface area contributed by atoms with E-state index in [-0.39, 0.29) is 5.41 Å². The fourth-order valence-corrected chi connectivity index (χ4v) is 2.90. The summed E-state index contributed by atoms with van der Waals surface area (Å²) in [6.45, 7) is 10.5. The third kappa shape index (κ3) is 6.21. The van der Waals surface area contributed by atoms with Crippen molar-refractivity contribution in [2.75, 3.05) is 17.3 Å². The Bertz CT molecular complexity index is 687. The molecule has 0 radical (unpaired) electrons. The standard InChI is InChI=1S/C21H33N5/c1-5-7-11-21(3,4)18-9-8-10-19(13-18)23-16-22-17-24-20-14-25-26(15-20)12-6-2/h8-10,13-16,24H,5-7,11-12,17H2,1-4H3,(H,22,23). The van der Waals surface area contributed by atoms with Gasteiger partial charge in [0, 0.05) is 18.4 Å². The first-order valence-electron chi connectivity index (χ1n) is 9.67. The van der Waals surface area contributed by atoms with Crippen LogP contribution in [0.4, 0.5) is 11.4 Å². The van der Waals surface area contributed by atoms with Gasteiger partial charge in [-0.3, -0.25) is 9.67 Å². The Morgan fingerprint density at radius 2 is 2.04 bits per heavy atom. The van der Waals surface area contributed by atoms with Crippen LogP contribution in [0, 0.1) is 0 Å². The quantitative estimate of drug-likeness (QED) is 0.426. The van der Waals surface area contributed by atoms with Gasteiger partial charge in [0.25, 0.3) is 0 Å². The van der Waals surface area contributed by atoms with Gasteiger partial charge in [-0.25, -0.2) is 0 Å². The van der Waals surface area contributed by atoms with Crippen molar-refractivity contribution >= 4 is 17.7 Å². The third-order valence-electron chi connectivity index (χ3n) is 4.58. The Labute approximate surface area is 157 Å². The van der Waals surface area contributed by atoms with Gasteiger partial charge in [0.05, 0.1) is 18.2 Å². The van der Waals surface area contributed by atoms with Crippen LogP contribution in [0.15, 0.2) is 41.7 Å². The Morgan fingerprint density at radius 1 is 1.19 bits per heavy atom. The van der Waals surface area contributed by atoms with E-state index >= 15 is 0 Å². The maximum absolute atomic E-state index is 4.37. The van der Waals surface area contributed by atoms with E-state index in [2.05, 4.69) is 72.7 Å². The second kappa shape index (κ2) is 10.00. The van der Waals surface area contributed by atoms with Gasteiger partial charge in [-0.15, -0.1) is 0 Å². The molecular formula is C21H33N5. The van der Waals surface area contributed by atoms with Crippen molar-refractivity contribution in [3.8, 4) is 0 Å². The normalized spacial score (nSPS) is 11.8.